The van der Waals surface area contributed by atoms with Gasteiger partial charge in [-0.1, -0.05) is 18.4 Å². The minimum Gasteiger partial charge on any atom is -0.416 e. The molecule has 0 spiro atoms. The first kappa shape index (κ1) is 26.4. The second kappa shape index (κ2) is 12.6. The van der Waals surface area contributed by atoms with Crippen LogP contribution in [0, 0.1) is 5.92 Å². The topological polar surface area (TPSA) is 99.8 Å². The molecule has 9 nitrogen and oxygen atoms in total. The molecule has 39 heavy (non-hydrogen) atoms. The number of ether oxygens (including phenoxy) is 1. The number of fused-ring (bicyclic) bond motifs is 6. The van der Waals surface area contributed by atoms with Crippen molar-refractivity contribution in [2.45, 2.75) is 51.0 Å². The van der Waals surface area contributed by atoms with Gasteiger partial charge >= 0.3 is 0 Å². The Labute approximate surface area is 234 Å². The third-order valence-electron chi connectivity index (χ3n) is 8.01. The summed E-state index contributed by atoms with van der Waals surface area (Å²) in [5.41, 5.74) is 3.88. The maximum Gasteiger partial charge on any atom is 0.250 e. The molecule has 6 heterocycles. The molecule has 1 unspecified atom stereocenters. The van der Waals surface area contributed by atoms with Crippen molar-refractivity contribution in [2.24, 2.45) is 5.92 Å². The first-order chi connectivity index (χ1) is 19.3. The lowest BCUT2D eigenvalue weighted by Crippen LogP contribution is -2.37. The van der Waals surface area contributed by atoms with Crippen LogP contribution in [0.25, 0.3) is 22.9 Å². The summed E-state index contributed by atoms with van der Waals surface area (Å²) in [6, 6.07) is 10.3. The molecule has 0 radical (unpaired) electrons. The van der Waals surface area contributed by atoms with E-state index in [2.05, 4.69) is 42.9 Å². The molecule has 0 amide bonds. The van der Waals surface area contributed by atoms with Crippen molar-refractivity contribution in [2.75, 3.05) is 59.7 Å². The predicted octanol–water partition coefficient (Wildman–Crippen LogP) is 5.24. The third-order valence-corrected chi connectivity index (χ3v) is 8.78. The van der Waals surface area contributed by atoms with Gasteiger partial charge in [-0.3, -0.25) is 0 Å². The Kier molecular flexibility index (Phi) is 8.51. The van der Waals surface area contributed by atoms with Gasteiger partial charge in [-0.05, 0) is 74.8 Å². The molecular formula is C29H38N6O3S. The molecule has 8 bridgehead atoms. The number of piperidine rings is 2. The van der Waals surface area contributed by atoms with E-state index in [1.54, 1.807) is 0 Å². The molecule has 1 aromatic carbocycles. The number of hydrogen-bond donors (Lipinski definition) is 2. The van der Waals surface area contributed by atoms with E-state index in [-0.39, 0.29) is 6.61 Å². The van der Waals surface area contributed by atoms with Crippen LogP contribution in [0.4, 0.5) is 17.2 Å². The molecule has 0 aliphatic carbocycles. The lowest BCUT2D eigenvalue weighted by molar-refractivity contribution is 0.0343. The molecule has 2 fully saturated rings. The van der Waals surface area contributed by atoms with Crippen LogP contribution in [-0.2, 0) is 4.74 Å². The highest BCUT2D eigenvalue weighted by Gasteiger charge is 2.26. The van der Waals surface area contributed by atoms with E-state index in [1.807, 2.05) is 18.3 Å². The summed E-state index contributed by atoms with van der Waals surface area (Å²) < 4.78 is 16.0. The number of benzene rings is 1. The highest BCUT2D eigenvalue weighted by molar-refractivity contribution is 8.00. The maximum absolute atomic E-state index is 9.17. The van der Waals surface area contributed by atoms with Crippen LogP contribution < -0.4 is 14.5 Å². The van der Waals surface area contributed by atoms with Crippen LogP contribution in [0.2, 0.25) is 0 Å². The van der Waals surface area contributed by atoms with Crippen molar-refractivity contribution in [1.82, 2.24) is 15.2 Å². The zero-order chi connectivity index (χ0) is 26.4. The minimum atomic E-state index is 0.135. The molecule has 2 N–H and O–H groups in total. The normalized spacial score (nSPS) is 21.9. The zero-order valence-electron chi connectivity index (χ0n) is 22.4. The van der Waals surface area contributed by atoms with Crippen LogP contribution >= 0.6 is 11.9 Å². The van der Waals surface area contributed by atoms with Crippen molar-refractivity contribution in [3.05, 3.63) is 36.5 Å². The molecule has 7 rings (SSSR count). The number of aromatic nitrogens is 3. The van der Waals surface area contributed by atoms with Gasteiger partial charge in [0, 0.05) is 56.0 Å². The second-order valence-corrected chi connectivity index (χ2v) is 11.6. The summed E-state index contributed by atoms with van der Waals surface area (Å²) in [6.45, 7) is 4.89. The average molecular weight is 551 g/mol. The van der Waals surface area contributed by atoms with Gasteiger partial charge in [0.1, 0.15) is 5.82 Å². The summed E-state index contributed by atoms with van der Waals surface area (Å²) in [6.07, 6.45) is 10.2. The van der Waals surface area contributed by atoms with Crippen molar-refractivity contribution < 1.29 is 14.3 Å². The van der Waals surface area contributed by atoms with E-state index in [9.17, 15) is 5.11 Å². The number of aliphatic hydroxyl groups is 1. The molecule has 2 aromatic heterocycles. The van der Waals surface area contributed by atoms with Crippen LogP contribution in [0.15, 0.2) is 40.9 Å². The average Bonchev–Trinajstić information content (AvgIpc) is 3.48. The van der Waals surface area contributed by atoms with Gasteiger partial charge < -0.3 is 28.8 Å². The first-order valence-electron chi connectivity index (χ1n) is 14.3. The van der Waals surface area contributed by atoms with Crippen molar-refractivity contribution >= 4 is 29.1 Å². The maximum atomic E-state index is 9.17. The lowest BCUT2D eigenvalue weighted by atomic mass is 9.92. The van der Waals surface area contributed by atoms with Gasteiger partial charge in [0.25, 0.3) is 0 Å². The Morgan fingerprint density at radius 2 is 1.82 bits per heavy atom. The lowest BCUT2D eigenvalue weighted by Gasteiger charge is -2.35. The van der Waals surface area contributed by atoms with Gasteiger partial charge in [0.2, 0.25) is 11.8 Å². The van der Waals surface area contributed by atoms with Gasteiger partial charge in [0.05, 0.1) is 24.0 Å². The fraction of sp³-hybridized carbons (Fsp3) is 0.552. The largest absolute Gasteiger partial charge is 0.416 e. The quantitative estimate of drug-likeness (QED) is 0.331. The predicted molar refractivity (Wildman–Crippen MR) is 156 cm³/mol. The summed E-state index contributed by atoms with van der Waals surface area (Å²) >= 11 is 1.49. The number of aliphatic hydroxyl groups excluding tert-OH is 1. The fourth-order valence-corrected chi connectivity index (χ4v) is 6.43. The smallest absolute Gasteiger partial charge is 0.250 e. The van der Waals surface area contributed by atoms with E-state index in [1.165, 1.54) is 37.6 Å². The van der Waals surface area contributed by atoms with E-state index < -0.39 is 0 Å². The number of anilines is 3. The molecular weight excluding hydrogens is 512 g/mol. The Hall–Kier alpha value is -2.82. The van der Waals surface area contributed by atoms with Crippen LogP contribution in [0.3, 0.4) is 0 Å². The number of hydrogen-bond acceptors (Lipinski definition) is 10. The number of nitrogens with zero attached hydrogens (tertiary/aromatic N) is 5. The summed E-state index contributed by atoms with van der Waals surface area (Å²) in [4.78, 5) is 9.51. The van der Waals surface area contributed by atoms with E-state index in [4.69, 9.17) is 14.1 Å². The Bertz CT molecular complexity index is 1230. The van der Waals surface area contributed by atoms with Crippen molar-refractivity contribution in [3.8, 4) is 22.9 Å². The molecule has 3 aromatic rings. The molecule has 1 atom stereocenters. The third kappa shape index (κ3) is 6.34. The Morgan fingerprint density at radius 1 is 0.949 bits per heavy atom. The molecule has 0 saturated carbocycles. The highest BCUT2D eigenvalue weighted by atomic mass is 32.2. The Morgan fingerprint density at radius 3 is 2.72 bits per heavy atom. The summed E-state index contributed by atoms with van der Waals surface area (Å²) in [7, 11) is 0. The monoisotopic (exact) mass is 550 g/mol. The van der Waals surface area contributed by atoms with E-state index in [0.717, 1.165) is 80.4 Å². The molecule has 208 valence electrons. The summed E-state index contributed by atoms with van der Waals surface area (Å²) in [5.74, 6) is 3.33. The Balaban J connectivity index is 1.33. The van der Waals surface area contributed by atoms with Crippen molar-refractivity contribution in [1.29, 1.82) is 0 Å². The molecule has 2 saturated heterocycles. The molecule has 10 heteroatoms. The van der Waals surface area contributed by atoms with Gasteiger partial charge in [-0.2, -0.15) is 0 Å². The van der Waals surface area contributed by atoms with E-state index in [0.29, 0.717) is 29.6 Å². The second-order valence-electron chi connectivity index (χ2n) is 10.7. The van der Waals surface area contributed by atoms with Crippen molar-refractivity contribution in [3.63, 3.8) is 0 Å². The SMILES string of the molecule is OCCSNc1ccc2c(c1)N1CCC(CC1)OCCCCC1CCCN(C1)c1cc(ccn1)-c1nnc-2o1. The van der Waals surface area contributed by atoms with Crippen LogP contribution in [0.1, 0.15) is 44.9 Å². The number of pyridine rings is 1. The molecule has 4 aliphatic rings. The van der Waals surface area contributed by atoms with Crippen LogP contribution in [0.5, 0.6) is 0 Å². The number of rotatable bonds is 4. The highest BCUT2D eigenvalue weighted by Crippen LogP contribution is 2.37. The number of nitrogens with one attached hydrogen (secondary N) is 1. The first-order valence-corrected chi connectivity index (χ1v) is 15.3. The minimum absolute atomic E-state index is 0.135. The zero-order valence-corrected chi connectivity index (χ0v) is 23.2. The van der Waals surface area contributed by atoms with E-state index >= 15 is 0 Å². The summed E-state index contributed by atoms with van der Waals surface area (Å²) in [5, 5.41) is 18.1. The van der Waals surface area contributed by atoms with Crippen LogP contribution in [-0.4, -0.2) is 71.5 Å². The standard InChI is InChI=1S/C29H38N6O3S/c36-15-17-39-33-23-6-7-25-26(19-23)34-13-9-24(10-14-34)37-16-2-1-4-21-5-3-12-35(20-21)27-18-22(8-11-30-27)28-31-32-29(25)38-28/h6-8,11,18-19,21,24,33,36H,1-5,9-10,12-17,20H2. The van der Waals surface area contributed by atoms with Gasteiger partial charge in [0.15, 0.2) is 0 Å². The van der Waals surface area contributed by atoms with Gasteiger partial charge in [-0.15, -0.1) is 10.2 Å². The van der Waals surface area contributed by atoms with Gasteiger partial charge in [-0.25, -0.2) is 4.98 Å². The molecule has 4 aliphatic heterocycles. The fourth-order valence-electron chi connectivity index (χ4n) is 5.95.